The van der Waals surface area contributed by atoms with Crippen LogP contribution in [0.25, 0.3) is 11.3 Å². The Morgan fingerprint density at radius 2 is 1.85 bits per heavy atom. The number of hydrogen-bond donors (Lipinski definition) is 3. The van der Waals surface area contributed by atoms with E-state index in [9.17, 15) is 13.6 Å². The zero-order chi connectivity index (χ0) is 19.6. The summed E-state index contributed by atoms with van der Waals surface area (Å²) in [6, 6.07) is 4.91. The van der Waals surface area contributed by atoms with E-state index in [4.69, 9.17) is 11.5 Å². The Morgan fingerprint density at radius 1 is 1.15 bits per heavy atom. The van der Waals surface area contributed by atoms with Crippen molar-refractivity contribution in [1.29, 1.82) is 0 Å². The summed E-state index contributed by atoms with van der Waals surface area (Å²) in [5, 5.41) is 4.39. The molecule has 1 aromatic carbocycles. The van der Waals surface area contributed by atoms with Crippen LogP contribution < -0.4 is 16.8 Å². The van der Waals surface area contributed by atoms with E-state index < -0.39 is 16.9 Å². The number of nitrogens with one attached hydrogen (secondary N) is 1. The number of rotatable bonds is 5. The van der Waals surface area contributed by atoms with Crippen molar-refractivity contribution in [2.24, 2.45) is 0 Å². The second-order valence-corrected chi connectivity index (χ2v) is 7.58. The molecule has 3 rings (SSSR count). The average Bonchev–Trinajstić information content (AvgIpc) is 3.04. The molecule has 7 nitrogen and oxygen atoms in total. The third kappa shape index (κ3) is 4.68. The SMILES string of the molecule is CC(Sc1nc(N)cc(N)n1)C(=O)Nc1nc(-c2ccc(F)c(F)c2)cs1. The van der Waals surface area contributed by atoms with E-state index in [0.29, 0.717) is 16.4 Å². The van der Waals surface area contributed by atoms with E-state index in [1.807, 2.05) is 0 Å². The molecular formula is C16H14F2N6OS2. The van der Waals surface area contributed by atoms with Crippen molar-refractivity contribution >= 4 is 45.8 Å². The molecular weight excluding hydrogens is 394 g/mol. The van der Waals surface area contributed by atoms with Crippen molar-refractivity contribution in [3.05, 3.63) is 41.3 Å². The van der Waals surface area contributed by atoms with E-state index in [1.54, 1.807) is 12.3 Å². The van der Waals surface area contributed by atoms with Crippen molar-refractivity contribution in [3.63, 3.8) is 0 Å². The molecule has 0 aliphatic heterocycles. The first-order valence-corrected chi connectivity index (χ1v) is 9.36. The summed E-state index contributed by atoms with van der Waals surface area (Å²) in [4.78, 5) is 24.6. The first kappa shape index (κ1) is 19.0. The summed E-state index contributed by atoms with van der Waals surface area (Å²) in [6.45, 7) is 1.67. The maximum atomic E-state index is 13.3. The molecule has 3 aromatic rings. The molecule has 11 heteroatoms. The lowest BCUT2D eigenvalue weighted by Gasteiger charge is -2.09. The predicted octanol–water partition coefficient (Wildman–Crippen LogP) is 3.16. The molecule has 2 heterocycles. The fourth-order valence-electron chi connectivity index (χ4n) is 2.05. The molecule has 0 saturated carbocycles. The van der Waals surface area contributed by atoms with Gasteiger partial charge < -0.3 is 16.8 Å². The monoisotopic (exact) mass is 408 g/mol. The Hall–Kier alpha value is -2.79. The number of anilines is 3. The number of nitrogens with two attached hydrogens (primary N) is 2. The minimum absolute atomic E-state index is 0.216. The lowest BCUT2D eigenvalue weighted by atomic mass is 10.2. The third-order valence-corrected chi connectivity index (χ3v) is 5.07. The Kier molecular flexibility index (Phi) is 5.51. The van der Waals surface area contributed by atoms with Crippen LogP contribution in [0.3, 0.4) is 0 Å². The lowest BCUT2D eigenvalue weighted by Crippen LogP contribution is -2.22. The van der Waals surface area contributed by atoms with Crippen LogP contribution in [-0.4, -0.2) is 26.1 Å². The summed E-state index contributed by atoms with van der Waals surface area (Å²) < 4.78 is 26.4. The van der Waals surface area contributed by atoms with Gasteiger partial charge in [-0.25, -0.2) is 23.7 Å². The highest BCUT2D eigenvalue weighted by molar-refractivity contribution is 8.00. The Balaban J connectivity index is 1.67. The van der Waals surface area contributed by atoms with Crippen LogP contribution in [0, 0.1) is 11.6 Å². The Morgan fingerprint density at radius 3 is 2.52 bits per heavy atom. The number of thioether (sulfide) groups is 1. The van der Waals surface area contributed by atoms with Gasteiger partial charge in [0.2, 0.25) is 5.91 Å². The highest BCUT2D eigenvalue weighted by atomic mass is 32.2. The average molecular weight is 408 g/mol. The van der Waals surface area contributed by atoms with Gasteiger partial charge in [-0.15, -0.1) is 11.3 Å². The van der Waals surface area contributed by atoms with Crippen LogP contribution in [0.2, 0.25) is 0 Å². The highest BCUT2D eigenvalue weighted by Crippen LogP contribution is 2.27. The summed E-state index contributed by atoms with van der Waals surface area (Å²) in [6.07, 6.45) is 0. The van der Waals surface area contributed by atoms with Crippen molar-refractivity contribution in [3.8, 4) is 11.3 Å². The van der Waals surface area contributed by atoms with Gasteiger partial charge in [-0.05, 0) is 25.1 Å². The molecule has 0 aliphatic rings. The second kappa shape index (κ2) is 7.84. The molecule has 0 spiro atoms. The summed E-state index contributed by atoms with van der Waals surface area (Å²) in [7, 11) is 0. The maximum Gasteiger partial charge on any atom is 0.239 e. The van der Waals surface area contributed by atoms with Gasteiger partial charge in [-0.3, -0.25) is 4.79 Å². The van der Waals surface area contributed by atoms with Gasteiger partial charge in [0.05, 0.1) is 10.9 Å². The quantitative estimate of drug-likeness (QED) is 0.438. The van der Waals surface area contributed by atoms with Crippen molar-refractivity contribution in [2.45, 2.75) is 17.3 Å². The van der Waals surface area contributed by atoms with E-state index >= 15 is 0 Å². The topological polar surface area (TPSA) is 120 Å². The smallest absolute Gasteiger partial charge is 0.239 e. The van der Waals surface area contributed by atoms with E-state index in [-0.39, 0.29) is 22.7 Å². The number of nitrogens with zero attached hydrogens (tertiary/aromatic N) is 3. The normalized spacial score (nSPS) is 12.0. The van der Waals surface area contributed by atoms with Gasteiger partial charge in [0.1, 0.15) is 11.6 Å². The Labute approximate surface area is 161 Å². The summed E-state index contributed by atoms with van der Waals surface area (Å²) in [5.74, 6) is -1.78. The van der Waals surface area contributed by atoms with Gasteiger partial charge in [0.15, 0.2) is 21.9 Å². The molecule has 0 radical (unpaired) electrons. The molecule has 0 saturated heterocycles. The van der Waals surface area contributed by atoms with E-state index in [0.717, 1.165) is 23.9 Å². The number of thiazole rings is 1. The largest absolute Gasteiger partial charge is 0.383 e. The van der Waals surface area contributed by atoms with Gasteiger partial charge in [-0.1, -0.05) is 11.8 Å². The van der Waals surface area contributed by atoms with Gasteiger partial charge in [0.25, 0.3) is 0 Å². The second-order valence-electron chi connectivity index (χ2n) is 5.42. The first-order valence-electron chi connectivity index (χ1n) is 7.60. The maximum absolute atomic E-state index is 13.3. The number of carbonyl (C=O) groups is 1. The number of hydrogen-bond acceptors (Lipinski definition) is 8. The third-order valence-electron chi connectivity index (χ3n) is 3.35. The van der Waals surface area contributed by atoms with Crippen molar-refractivity contribution in [1.82, 2.24) is 15.0 Å². The van der Waals surface area contributed by atoms with Crippen LogP contribution in [0.15, 0.2) is 34.8 Å². The highest BCUT2D eigenvalue weighted by Gasteiger charge is 2.18. The molecule has 0 fully saturated rings. The number of halogens is 2. The van der Waals surface area contributed by atoms with Crippen LogP contribution in [0.4, 0.5) is 25.5 Å². The van der Waals surface area contributed by atoms with Crippen molar-refractivity contribution < 1.29 is 13.6 Å². The number of benzene rings is 1. The van der Waals surface area contributed by atoms with Crippen LogP contribution in [0.1, 0.15) is 6.92 Å². The summed E-state index contributed by atoms with van der Waals surface area (Å²) >= 11 is 2.27. The van der Waals surface area contributed by atoms with Crippen molar-refractivity contribution in [2.75, 3.05) is 16.8 Å². The summed E-state index contributed by atoms with van der Waals surface area (Å²) in [5.41, 5.74) is 12.1. The minimum Gasteiger partial charge on any atom is -0.383 e. The molecule has 0 aliphatic carbocycles. The molecule has 0 bridgehead atoms. The molecule has 27 heavy (non-hydrogen) atoms. The van der Waals surface area contributed by atoms with E-state index in [1.165, 1.54) is 23.5 Å². The van der Waals surface area contributed by atoms with Gasteiger partial charge >= 0.3 is 0 Å². The fraction of sp³-hybridized carbons (Fsp3) is 0.125. The predicted molar refractivity (Wildman–Crippen MR) is 102 cm³/mol. The molecule has 2 aromatic heterocycles. The van der Waals surface area contributed by atoms with Crippen LogP contribution >= 0.6 is 23.1 Å². The first-order chi connectivity index (χ1) is 12.8. The zero-order valence-corrected chi connectivity index (χ0v) is 15.6. The molecule has 140 valence electrons. The molecule has 1 amide bonds. The number of nitrogen functional groups attached to an aromatic ring is 2. The fourth-order valence-corrected chi connectivity index (χ4v) is 3.57. The zero-order valence-electron chi connectivity index (χ0n) is 13.9. The number of aromatic nitrogens is 3. The standard InChI is InChI=1S/C16H14F2N6OS2/c1-7(27-16-22-12(19)5-13(20)23-16)14(25)24-15-21-11(6-26-15)8-2-3-9(17)10(18)4-8/h2-7H,1H3,(H,21,24,25)(H4,19,20,22,23). The van der Waals surface area contributed by atoms with Crippen LogP contribution in [0.5, 0.6) is 0 Å². The molecule has 1 atom stereocenters. The van der Waals surface area contributed by atoms with Gasteiger partial charge in [-0.2, -0.15) is 0 Å². The molecule has 1 unspecified atom stereocenters. The lowest BCUT2D eigenvalue weighted by molar-refractivity contribution is -0.115. The van der Waals surface area contributed by atoms with Crippen LogP contribution in [-0.2, 0) is 4.79 Å². The van der Waals surface area contributed by atoms with Gasteiger partial charge in [0, 0.05) is 17.0 Å². The molecule has 5 N–H and O–H groups in total. The Bertz CT molecular complexity index is 977. The number of amides is 1. The minimum atomic E-state index is -0.961. The van der Waals surface area contributed by atoms with E-state index in [2.05, 4.69) is 20.3 Å². The number of carbonyl (C=O) groups excluding carboxylic acids is 1.